The summed E-state index contributed by atoms with van der Waals surface area (Å²) in [6.07, 6.45) is 4.77. The number of carbonyl (C=O) groups excluding carboxylic acids is 1. The van der Waals surface area contributed by atoms with Crippen LogP contribution in [0.5, 0.6) is 5.75 Å². The van der Waals surface area contributed by atoms with Crippen LogP contribution in [0.1, 0.15) is 74.6 Å². The first-order valence-corrected chi connectivity index (χ1v) is 13.5. The average Bonchev–Trinajstić information content (AvgIpc) is 3.73. The number of benzene rings is 2. The van der Waals surface area contributed by atoms with Crippen LogP contribution in [0.15, 0.2) is 24.3 Å². The maximum absolute atomic E-state index is 16.0. The smallest absolute Gasteiger partial charge is 0.309 e. The van der Waals surface area contributed by atoms with E-state index in [0.29, 0.717) is 49.2 Å². The molecule has 8 heteroatoms. The Bertz CT molecular complexity index is 1190. The highest BCUT2D eigenvalue weighted by atomic mass is 35.5. The maximum atomic E-state index is 16.0. The van der Waals surface area contributed by atoms with Crippen molar-refractivity contribution in [3.63, 3.8) is 0 Å². The Morgan fingerprint density at radius 3 is 2.46 bits per heavy atom. The fourth-order valence-corrected chi connectivity index (χ4v) is 6.54. The number of carbonyl (C=O) groups is 1. The molecule has 2 heterocycles. The fraction of sp³-hybridized carbons (Fsp3) is 0.552. The lowest BCUT2D eigenvalue weighted by Gasteiger charge is -2.46. The molecule has 0 N–H and O–H groups in total. The molecule has 0 amide bonds. The zero-order chi connectivity index (χ0) is 26.5. The first-order chi connectivity index (χ1) is 17.6. The largest absolute Gasteiger partial charge is 0.484 e. The highest BCUT2D eigenvalue weighted by molar-refractivity contribution is 6.31. The zero-order valence-corrected chi connectivity index (χ0v) is 22.2. The average molecular weight is 536 g/mol. The van der Waals surface area contributed by atoms with E-state index in [2.05, 4.69) is 4.90 Å². The molecule has 2 fully saturated rings. The maximum Gasteiger partial charge on any atom is 0.309 e. The lowest BCUT2D eigenvalue weighted by Crippen LogP contribution is -2.50. The Kier molecular flexibility index (Phi) is 7.22. The first-order valence-electron chi connectivity index (χ1n) is 13.1. The van der Waals surface area contributed by atoms with Crippen molar-refractivity contribution in [2.75, 3.05) is 20.2 Å². The lowest BCUT2D eigenvalue weighted by molar-refractivity contribution is -0.145. The number of likely N-dealkylation sites (tertiary alicyclic amines) is 1. The van der Waals surface area contributed by atoms with Gasteiger partial charge in [-0.25, -0.2) is 13.2 Å². The second kappa shape index (κ2) is 10.1. The molecule has 0 unspecified atom stereocenters. The molecule has 2 aromatic rings. The Balaban J connectivity index is 1.34. The normalized spacial score (nSPS) is 21.6. The number of aryl methyl sites for hydroxylation is 1. The minimum Gasteiger partial charge on any atom is -0.484 e. The van der Waals surface area contributed by atoms with Crippen LogP contribution < -0.4 is 4.74 Å². The van der Waals surface area contributed by atoms with Gasteiger partial charge in [-0.3, -0.25) is 9.69 Å². The van der Waals surface area contributed by atoms with Gasteiger partial charge < -0.3 is 9.47 Å². The molecule has 1 saturated carbocycles. The van der Waals surface area contributed by atoms with Gasteiger partial charge in [0.05, 0.1) is 18.1 Å². The molecule has 3 aliphatic rings. The van der Waals surface area contributed by atoms with Gasteiger partial charge in [-0.1, -0.05) is 30.7 Å². The molecule has 5 rings (SSSR count). The summed E-state index contributed by atoms with van der Waals surface area (Å²) in [7, 11) is 1.37. The molecule has 0 aromatic heterocycles. The van der Waals surface area contributed by atoms with Crippen LogP contribution in [-0.4, -0.2) is 36.7 Å². The quantitative estimate of drug-likeness (QED) is 0.295. The van der Waals surface area contributed by atoms with Gasteiger partial charge in [0.1, 0.15) is 17.2 Å². The third-order valence-electron chi connectivity index (χ3n) is 8.71. The number of fused-ring (bicyclic) bond motifs is 1. The first kappa shape index (κ1) is 26.4. The number of rotatable bonds is 6. The predicted octanol–water partition coefficient (Wildman–Crippen LogP) is 6.98. The van der Waals surface area contributed by atoms with Gasteiger partial charge in [0.25, 0.3) is 0 Å². The summed E-state index contributed by atoms with van der Waals surface area (Å²) in [6, 6.07) is 5.57. The third kappa shape index (κ3) is 4.97. The van der Waals surface area contributed by atoms with Crippen molar-refractivity contribution in [3.8, 4) is 5.75 Å². The van der Waals surface area contributed by atoms with Crippen molar-refractivity contribution in [3.05, 3.63) is 63.4 Å². The molecule has 2 aliphatic heterocycles. The molecule has 3 atom stereocenters. The monoisotopic (exact) mass is 535 g/mol. The number of halogens is 4. The van der Waals surface area contributed by atoms with Crippen molar-refractivity contribution < 1.29 is 27.4 Å². The van der Waals surface area contributed by atoms with Gasteiger partial charge in [0, 0.05) is 31.1 Å². The van der Waals surface area contributed by atoms with Crippen molar-refractivity contribution in [2.45, 2.75) is 69.9 Å². The summed E-state index contributed by atoms with van der Waals surface area (Å²) in [6.45, 7) is 4.97. The minimum atomic E-state index is -0.762. The molecule has 1 saturated heterocycles. The van der Waals surface area contributed by atoms with E-state index < -0.39 is 23.2 Å². The number of hydrogen-bond acceptors (Lipinski definition) is 4. The summed E-state index contributed by atoms with van der Waals surface area (Å²) < 4.78 is 55.4. The summed E-state index contributed by atoms with van der Waals surface area (Å²) in [5.74, 6) is -2.20. The topological polar surface area (TPSA) is 38.8 Å². The Morgan fingerprint density at radius 2 is 1.81 bits per heavy atom. The van der Waals surface area contributed by atoms with Crippen LogP contribution in [0.25, 0.3) is 0 Å². The summed E-state index contributed by atoms with van der Waals surface area (Å²) >= 11 is 6.15. The molecular formula is C29H33ClF3NO3. The van der Waals surface area contributed by atoms with Crippen LogP contribution in [-0.2, 0) is 16.0 Å². The van der Waals surface area contributed by atoms with E-state index in [1.54, 1.807) is 0 Å². The van der Waals surface area contributed by atoms with Gasteiger partial charge in [-0.15, -0.1) is 0 Å². The number of nitrogens with zero attached hydrogens (tertiary/aromatic N) is 1. The SMILES string of the molecule is COC(=O)[C@H](C)[C@H](c1ccc2c(c1F)OC1(CC2)CCN([C@H](C)c2cc(F)cc(F)c2Cl)CC1)C1CC1. The van der Waals surface area contributed by atoms with Gasteiger partial charge in [-0.2, -0.15) is 0 Å². The summed E-state index contributed by atoms with van der Waals surface area (Å²) in [5.41, 5.74) is 1.31. The van der Waals surface area contributed by atoms with Gasteiger partial charge in [-0.05, 0) is 74.1 Å². The van der Waals surface area contributed by atoms with E-state index in [4.69, 9.17) is 21.1 Å². The van der Waals surface area contributed by atoms with Crippen molar-refractivity contribution in [2.24, 2.45) is 11.8 Å². The van der Waals surface area contributed by atoms with E-state index in [-0.39, 0.29) is 34.7 Å². The molecule has 2 aromatic carbocycles. The standard InChI is InChI=1S/C29H33ClF3NO3/c1-16(28(35)36-3)24(18-4-5-18)21-7-6-19-8-9-29(37-27(19)26(21)33)10-12-34(13-11-29)17(2)22-14-20(31)15-23(32)25(22)30/h6-7,14-18,24H,4-5,8-13H2,1-3H3/t16-,17-,24+/m1/s1. The third-order valence-corrected chi connectivity index (χ3v) is 9.10. The van der Waals surface area contributed by atoms with Crippen molar-refractivity contribution in [1.82, 2.24) is 4.90 Å². The Labute approximate surface area is 221 Å². The Morgan fingerprint density at radius 1 is 1.11 bits per heavy atom. The van der Waals surface area contributed by atoms with Crippen LogP contribution in [0.4, 0.5) is 13.2 Å². The van der Waals surface area contributed by atoms with Crippen molar-refractivity contribution in [1.29, 1.82) is 0 Å². The number of hydrogen-bond donors (Lipinski definition) is 0. The summed E-state index contributed by atoms with van der Waals surface area (Å²) in [4.78, 5) is 14.5. The molecule has 200 valence electrons. The lowest BCUT2D eigenvalue weighted by atomic mass is 9.79. The molecule has 1 spiro atoms. The van der Waals surface area contributed by atoms with E-state index in [1.165, 1.54) is 13.2 Å². The highest BCUT2D eigenvalue weighted by Gasteiger charge is 2.44. The van der Waals surface area contributed by atoms with Crippen LogP contribution in [0.3, 0.4) is 0 Å². The Hall–Kier alpha value is -2.25. The number of esters is 1. The van der Waals surface area contributed by atoms with Gasteiger partial charge >= 0.3 is 5.97 Å². The molecular weight excluding hydrogens is 503 g/mol. The molecule has 4 nitrogen and oxygen atoms in total. The van der Waals surface area contributed by atoms with Crippen LogP contribution in [0, 0.1) is 29.3 Å². The number of ether oxygens (including phenoxy) is 2. The fourth-order valence-electron chi connectivity index (χ4n) is 6.27. The highest BCUT2D eigenvalue weighted by Crippen LogP contribution is 2.50. The predicted molar refractivity (Wildman–Crippen MR) is 135 cm³/mol. The summed E-state index contributed by atoms with van der Waals surface area (Å²) in [5, 5.41) is -0.0574. The second-order valence-electron chi connectivity index (χ2n) is 10.9. The molecule has 1 aliphatic carbocycles. The van der Waals surface area contributed by atoms with Gasteiger partial charge in [0.2, 0.25) is 0 Å². The van der Waals surface area contributed by atoms with Gasteiger partial charge in [0.15, 0.2) is 11.6 Å². The minimum absolute atomic E-state index is 0.0574. The van der Waals surface area contributed by atoms with E-state index in [0.717, 1.165) is 30.9 Å². The van der Waals surface area contributed by atoms with E-state index in [9.17, 15) is 13.6 Å². The zero-order valence-electron chi connectivity index (χ0n) is 21.5. The second-order valence-corrected chi connectivity index (χ2v) is 11.3. The van der Waals surface area contributed by atoms with Crippen LogP contribution in [0.2, 0.25) is 5.02 Å². The molecule has 0 radical (unpaired) electrons. The number of methoxy groups -OCH3 is 1. The molecule has 0 bridgehead atoms. The van der Waals surface area contributed by atoms with Crippen molar-refractivity contribution >= 4 is 17.6 Å². The van der Waals surface area contributed by atoms with E-state index >= 15 is 4.39 Å². The number of piperidine rings is 1. The molecule has 37 heavy (non-hydrogen) atoms. The van der Waals surface area contributed by atoms with Crippen LogP contribution >= 0.6 is 11.6 Å². The van der Waals surface area contributed by atoms with E-state index in [1.807, 2.05) is 26.0 Å².